The highest BCUT2D eigenvalue weighted by atomic mass is 16.5. The third-order valence-electron chi connectivity index (χ3n) is 3.84. The molecule has 0 aliphatic carbocycles. The smallest absolute Gasteiger partial charge is 0.128 e. The van der Waals surface area contributed by atoms with Crippen LogP contribution in [0.15, 0.2) is 12.1 Å². The number of hydrogen-bond acceptors (Lipinski definition) is 2. The first-order chi connectivity index (χ1) is 8.35. The number of nitrogens with one attached hydrogen (secondary N) is 1. The first-order valence-electron chi connectivity index (χ1n) is 6.85. The molecule has 1 aliphatic heterocycles. The van der Waals surface area contributed by atoms with Gasteiger partial charge in [-0.3, -0.25) is 0 Å². The lowest BCUT2D eigenvalue weighted by Gasteiger charge is -2.40. The van der Waals surface area contributed by atoms with Gasteiger partial charge < -0.3 is 10.1 Å². The molecular weight excluding hydrogens is 222 g/mol. The Kier molecular flexibility index (Phi) is 3.41. The van der Waals surface area contributed by atoms with Gasteiger partial charge in [0.1, 0.15) is 11.4 Å². The van der Waals surface area contributed by atoms with Crippen LogP contribution in [0.1, 0.15) is 62.8 Å². The molecule has 0 spiro atoms. The molecule has 1 heterocycles. The molecule has 1 aromatic rings. The van der Waals surface area contributed by atoms with E-state index in [0.29, 0.717) is 12.0 Å². The molecule has 0 radical (unpaired) electrons. The van der Waals surface area contributed by atoms with E-state index in [1.165, 1.54) is 16.7 Å². The van der Waals surface area contributed by atoms with Crippen molar-refractivity contribution in [3.05, 3.63) is 28.8 Å². The summed E-state index contributed by atoms with van der Waals surface area (Å²) in [5, 5.41) is 3.44. The predicted molar refractivity (Wildman–Crippen MR) is 76.4 cm³/mol. The van der Waals surface area contributed by atoms with E-state index in [2.05, 4.69) is 52.1 Å². The van der Waals surface area contributed by atoms with E-state index >= 15 is 0 Å². The van der Waals surface area contributed by atoms with E-state index in [4.69, 9.17) is 4.74 Å². The molecule has 18 heavy (non-hydrogen) atoms. The van der Waals surface area contributed by atoms with Gasteiger partial charge in [-0.2, -0.15) is 0 Å². The molecule has 1 aromatic carbocycles. The lowest BCUT2D eigenvalue weighted by Crippen LogP contribution is -2.39. The Morgan fingerprint density at radius 1 is 1.33 bits per heavy atom. The number of fused-ring (bicyclic) bond motifs is 1. The molecule has 100 valence electrons. The van der Waals surface area contributed by atoms with Crippen LogP contribution in [0.3, 0.4) is 0 Å². The van der Waals surface area contributed by atoms with Crippen LogP contribution in [0, 0.1) is 6.92 Å². The summed E-state index contributed by atoms with van der Waals surface area (Å²) in [5.74, 6) is 1.60. The van der Waals surface area contributed by atoms with Crippen LogP contribution >= 0.6 is 0 Å². The maximum absolute atomic E-state index is 6.28. The average Bonchev–Trinajstić information content (AvgIpc) is 2.26. The summed E-state index contributed by atoms with van der Waals surface area (Å²) in [6.07, 6.45) is 1.01. The standard InChI is InChI=1S/C16H25NO/c1-10(2)12-8-7-11(3)14-13(17-6)9-16(4,5)18-15(12)14/h7-8,10,13,17H,9H2,1-6H3. The molecule has 0 bridgehead atoms. The highest BCUT2D eigenvalue weighted by Crippen LogP contribution is 2.44. The lowest BCUT2D eigenvalue weighted by molar-refractivity contribution is 0.0656. The Morgan fingerprint density at radius 2 is 2.00 bits per heavy atom. The molecule has 0 saturated carbocycles. The number of ether oxygens (including phenoxy) is 1. The van der Waals surface area contributed by atoms with Crippen molar-refractivity contribution in [3.8, 4) is 5.75 Å². The maximum atomic E-state index is 6.28. The second-order valence-corrected chi connectivity index (χ2v) is 6.28. The quantitative estimate of drug-likeness (QED) is 0.854. The van der Waals surface area contributed by atoms with Gasteiger partial charge in [-0.25, -0.2) is 0 Å². The zero-order valence-electron chi connectivity index (χ0n) is 12.4. The molecule has 2 heteroatoms. The van der Waals surface area contributed by atoms with Gasteiger partial charge in [0, 0.05) is 18.0 Å². The van der Waals surface area contributed by atoms with Gasteiger partial charge in [-0.05, 0) is 44.9 Å². The van der Waals surface area contributed by atoms with Crippen molar-refractivity contribution in [2.45, 2.75) is 58.6 Å². The predicted octanol–water partition coefficient (Wildman–Crippen LogP) is 3.94. The van der Waals surface area contributed by atoms with Crippen molar-refractivity contribution in [1.82, 2.24) is 5.32 Å². The van der Waals surface area contributed by atoms with Gasteiger partial charge in [0.05, 0.1) is 0 Å². The van der Waals surface area contributed by atoms with Crippen LogP contribution < -0.4 is 10.1 Å². The zero-order chi connectivity index (χ0) is 13.5. The summed E-state index contributed by atoms with van der Waals surface area (Å²) in [6, 6.07) is 4.83. The van der Waals surface area contributed by atoms with Gasteiger partial charge in [-0.1, -0.05) is 26.0 Å². The summed E-state index contributed by atoms with van der Waals surface area (Å²) in [5.41, 5.74) is 3.90. The fraction of sp³-hybridized carbons (Fsp3) is 0.625. The van der Waals surface area contributed by atoms with Crippen LogP contribution in [-0.4, -0.2) is 12.6 Å². The summed E-state index contributed by atoms with van der Waals surface area (Å²) >= 11 is 0. The van der Waals surface area contributed by atoms with Crippen molar-refractivity contribution < 1.29 is 4.74 Å². The van der Waals surface area contributed by atoms with Gasteiger partial charge in [0.25, 0.3) is 0 Å². The highest BCUT2D eigenvalue weighted by molar-refractivity contribution is 5.51. The summed E-state index contributed by atoms with van der Waals surface area (Å²) in [7, 11) is 2.04. The van der Waals surface area contributed by atoms with E-state index in [0.717, 1.165) is 12.2 Å². The fourth-order valence-electron chi connectivity index (χ4n) is 2.87. The SMILES string of the molecule is CNC1CC(C)(C)Oc2c(C(C)C)ccc(C)c21. The first-order valence-corrected chi connectivity index (χ1v) is 6.85. The Morgan fingerprint density at radius 3 is 2.56 bits per heavy atom. The molecule has 1 aliphatic rings. The Balaban J connectivity index is 2.62. The maximum Gasteiger partial charge on any atom is 0.128 e. The Bertz CT molecular complexity index is 449. The molecule has 1 unspecified atom stereocenters. The minimum atomic E-state index is -0.0991. The second-order valence-electron chi connectivity index (χ2n) is 6.28. The van der Waals surface area contributed by atoms with E-state index in [-0.39, 0.29) is 5.60 Å². The van der Waals surface area contributed by atoms with Crippen molar-refractivity contribution in [2.24, 2.45) is 0 Å². The van der Waals surface area contributed by atoms with Crippen molar-refractivity contribution >= 4 is 0 Å². The average molecular weight is 247 g/mol. The molecule has 0 aromatic heterocycles. The third-order valence-corrected chi connectivity index (χ3v) is 3.84. The van der Waals surface area contributed by atoms with E-state index in [1.807, 2.05) is 7.05 Å². The summed E-state index contributed by atoms with van der Waals surface area (Å²) in [6.45, 7) is 11.0. The van der Waals surface area contributed by atoms with Gasteiger partial charge in [0.15, 0.2) is 0 Å². The molecule has 0 fully saturated rings. The normalized spacial score (nSPS) is 21.6. The number of hydrogen-bond donors (Lipinski definition) is 1. The van der Waals surface area contributed by atoms with Crippen molar-refractivity contribution in [1.29, 1.82) is 0 Å². The topological polar surface area (TPSA) is 21.3 Å². The van der Waals surface area contributed by atoms with Gasteiger partial charge in [0.2, 0.25) is 0 Å². The molecule has 2 nitrogen and oxygen atoms in total. The second kappa shape index (κ2) is 4.58. The van der Waals surface area contributed by atoms with E-state index in [1.54, 1.807) is 0 Å². The number of aryl methyl sites for hydroxylation is 1. The van der Waals surface area contributed by atoms with Crippen LogP contribution in [0.5, 0.6) is 5.75 Å². The van der Waals surface area contributed by atoms with E-state index in [9.17, 15) is 0 Å². The zero-order valence-corrected chi connectivity index (χ0v) is 12.4. The van der Waals surface area contributed by atoms with Gasteiger partial charge >= 0.3 is 0 Å². The third kappa shape index (κ3) is 2.26. The number of benzene rings is 1. The lowest BCUT2D eigenvalue weighted by atomic mass is 9.84. The van der Waals surface area contributed by atoms with Crippen molar-refractivity contribution in [3.63, 3.8) is 0 Å². The van der Waals surface area contributed by atoms with Crippen LogP contribution in [0.2, 0.25) is 0 Å². The molecular formula is C16H25NO. The number of rotatable bonds is 2. The van der Waals surface area contributed by atoms with Crippen molar-refractivity contribution in [2.75, 3.05) is 7.05 Å². The summed E-state index contributed by atoms with van der Waals surface area (Å²) in [4.78, 5) is 0. The minimum Gasteiger partial charge on any atom is -0.487 e. The molecule has 0 amide bonds. The molecule has 1 atom stereocenters. The molecule has 1 N–H and O–H groups in total. The largest absolute Gasteiger partial charge is 0.487 e. The molecule has 0 saturated heterocycles. The van der Waals surface area contributed by atoms with Crippen LogP contribution in [0.4, 0.5) is 0 Å². The van der Waals surface area contributed by atoms with E-state index < -0.39 is 0 Å². The monoisotopic (exact) mass is 247 g/mol. The van der Waals surface area contributed by atoms with Gasteiger partial charge in [-0.15, -0.1) is 0 Å². The Hall–Kier alpha value is -1.02. The minimum absolute atomic E-state index is 0.0991. The highest BCUT2D eigenvalue weighted by Gasteiger charge is 2.35. The molecule has 2 rings (SSSR count). The van der Waals surface area contributed by atoms with Crippen LogP contribution in [0.25, 0.3) is 0 Å². The summed E-state index contributed by atoms with van der Waals surface area (Å²) < 4.78 is 6.28. The first kappa shape index (κ1) is 13.4. The fourth-order valence-corrected chi connectivity index (χ4v) is 2.87. The van der Waals surface area contributed by atoms with Crippen LogP contribution in [-0.2, 0) is 0 Å². The Labute approximate surface area is 111 Å².